The van der Waals surface area contributed by atoms with Crippen molar-refractivity contribution in [1.82, 2.24) is 5.32 Å². The van der Waals surface area contributed by atoms with E-state index in [0.29, 0.717) is 11.6 Å². The standard InChI is InChI=1S/C18H19ClN2O3/c1-11-3-5-13(6-4-11)10-21-17(22)12(2)24-18(23)15-8-7-14(19)9-16(15)20/h3-9,12H,10,20H2,1-2H3,(H,21,22)/t12-/m0/s1. The maximum Gasteiger partial charge on any atom is 0.341 e. The molecule has 1 amide bonds. The molecule has 0 heterocycles. The van der Waals surface area contributed by atoms with Crippen molar-refractivity contribution in [3.8, 4) is 0 Å². The molecule has 0 saturated heterocycles. The largest absolute Gasteiger partial charge is 0.449 e. The fourth-order valence-electron chi connectivity index (χ4n) is 2.04. The number of rotatable bonds is 5. The predicted octanol–water partition coefficient (Wildman–Crippen LogP) is 3.09. The monoisotopic (exact) mass is 346 g/mol. The molecule has 2 aromatic carbocycles. The molecule has 0 saturated carbocycles. The Morgan fingerprint density at radius 1 is 1.21 bits per heavy atom. The third-order valence-electron chi connectivity index (χ3n) is 3.47. The molecule has 3 N–H and O–H groups in total. The lowest BCUT2D eigenvalue weighted by Gasteiger charge is -2.14. The molecule has 0 radical (unpaired) electrons. The Morgan fingerprint density at radius 2 is 1.88 bits per heavy atom. The van der Waals surface area contributed by atoms with Crippen LogP contribution in [-0.2, 0) is 16.1 Å². The van der Waals surface area contributed by atoms with Crippen LogP contribution in [0.1, 0.15) is 28.4 Å². The van der Waals surface area contributed by atoms with Crippen LogP contribution >= 0.6 is 11.6 Å². The van der Waals surface area contributed by atoms with E-state index in [1.165, 1.54) is 25.1 Å². The molecule has 0 fully saturated rings. The summed E-state index contributed by atoms with van der Waals surface area (Å²) in [5, 5.41) is 3.15. The van der Waals surface area contributed by atoms with Crippen LogP contribution in [-0.4, -0.2) is 18.0 Å². The average molecular weight is 347 g/mol. The molecule has 24 heavy (non-hydrogen) atoms. The van der Waals surface area contributed by atoms with Crippen molar-refractivity contribution in [2.45, 2.75) is 26.5 Å². The van der Waals surface area contributed by atoms with Gasteiger partial charge in [0.05, 0.1) is 5.56 Å². The van der Waals surface area contributed by atoms with Gasteiger partial charge in [0, 0.05) is 17.3 Å². The normalized spacial score (nSPS) is 11.6. The number of nitrogens with one attached hydrogen (secondary N) is 1. The molecule has 0 aromatic heterocycles. The van der Waals surface area contributed by atoms with Crippen LogP contribution in [0.3, 0.4) is 0 Å². The van der Waals surface area contributed by atoms with Crippen LogP contribution in [0.5, 0.6) is 0 Å². The Morgan fingerprint density at radius 3 is 2.50 bits per heavy atom. The molecule has 0 spiro atoms. The van der Waals surface area contributed by atoms with Crippen molar-refractivity contribution in [2.75, 3.05) is 5.73 Å². The molecule has 126 valence electrons. The molecule has 5 nitrogen and oxygen atoms in total. The van der Waals surface area contributed by atoms with Crippen molar-refractivity contribution >= 4 is 29.2 Å². The Hall–Kier alpha value is -2.53. The van der Waals surface area contributed by atoms with Crippen molar-refractivity contribution in [3.63, 3.8) is 0 Å². The van der Waals surface area contributed by atoms with Gasteiger partial charge in [-0.2, -0.15) is 0 Å². The van der Waals surface area contributed by atoms with Gasteiger partial charge in [-0.05, 0) is 37.6 Å². The van der Waals surface area contributed by atoms with E-state index in [1.807, 2.05) is 31.2 Å². The first kappa shape index (κ1) is 17.8. The number of benzene rings is 2. The SMILES string of the molecule is Cc1ccc(CNC(=O)[C@H](C)OC(=O)c2ccc(Cl)cc2N)cc1. The Balaban J connectivity index is 1.90. The first-order valence-electron chi connectivity index (χ1n) is 7.46. The lowest BCUT2D eigenvalue weighted by Crippen LogP contribution is -2.35. The molecule has 0 aliphatic rings. The van der Waals surface area contributed by atoms with Crippen LogP contribution in [0.2, 0.25) is 5.02 Å². The van der Waals surface area contributed by atoms with Gasteiger partial charge in [0.25, 0.3) is 5.91 Å². The van der Waals surface area contributed by atoms with E-state index in [4.69, 9.17) is 22.1 Å². The van der Waals surface area contributed by atoms with Gasteiger partial charge < -0.3 is 15.8 Å². The Kier molecular flexibility index (Phi) is 5.82. The van der Waals surface area contributed by atoms with Crippen molar-refractivity contribution in [1.29, 1.82) is 0 Å². The average Bonchev–Trinajstić information content (AvgIpc) is 2.53. The van der Waals surface area contributed by atoms with Crippen molar-refractivity contribution in [2.24, 2.45) is 0 Å². The van der Waals surface area contributed by atoms with Gasteiger partial charge in [-0.25, -0.2) is 4.79 Å². The van der Waals surface area contributed by atoms with Crippen LogP contribution in [0, 0.1) is 6.92 Å². The van der Waals surface area contributed by atoms with E-state index >= 15 is 0 Å². The third kappa shape index (κ3) is 4.73. The number of hydrogen-bond donors (Lipinski definition) is 2. The molecule has 2 rings (SSSR count). The van der Waals surface area contributed by atoms with E-state index in [-0.39, 0.29) is 17.2 Å². The number of carbonyl (C=O) groups is 2. The van der Waals surface area contributed by atoms with Crippen molar-refractivity contribution in [3.05, 3.63) is 64.2 Å². The summed E-state index contributed by atoms with van der Waals surface area (Å²) in [5.74, 6) is -1.04. The molecular weight excluding hydrogens is 328 g/mol. The fourth-order valence-corrected chi connectivity index (χ4v) is 2.22. The van der Waals surface area contributed by atoms with Crippen LogP contribution in [0.4, 0.5) is 5.69 Å². The van der Waals surface area contributed by atoms with Gasteiger partial charge in [-0.1, -0.05) is 41.4 Å². The van der Waals surface area contributed by atoms with E-state index < -0.39 is 12.1 Å². The number of carbonyl (C=O) groups excluding carboxylic acids is 2. The molecule has 0 aliphatic carbocycles. The van der Waals surface area contributed by atoms with Gasteiger partial charge in [0.15, 0.2) is 6.10 Å². The number of halogens is 1. The van der Waals surface area contributed by atoms with Gasteiger partial charge in [0.2, 0.25) is 0 Å². The minimum Gasteiger partial charge on any atom is -0.449 e. The van der Waals surface area contributed by atoms with Gasteiger partial charge in [0.1, 0.15) is 0 Å². The van der Waals surface area contributed by atoms with Gasteiger partial charge in [-0.15, -0.1) is 0 Å². The summed E-state index contributed by atoms with van der Waals surface area (Å²) >= 11 is 5.79. The Bertz CT molecular complexity index is 744. The quantitative estimate of drug-likeness (QED) is 0.644. The number of nitrogen functional groups attached to an aromatic ring is 1. The second-order valence-corrected chi connectivity index (χ2v) is 5.92. The number of ether oxygens (including phenoxy) is 1. The maximum absolute atomic E-state index is 12.1. The lowest BCUT2D eigenvalue weighted by molar-refractivity contribution is -0.129. The zero-order valence-corrected chi connectivity index (χ0v) is 14.3. The highest BCUT2D eigenvalue weighted by atomic mass is 35.5. The smallest absolute Gasteiger partial charge is 0.341 e. The zero-order chi connectivity index (χ0) is 17.7. The van der Waals surface area contributed by atoms with Crippen LogP contribution in [0.15, 0.2) is 42.5 Å². The molecule has 1 atom stereocenters. The highest BCUT2D eigenvalue weighted by Gasteiger charge is 2.20. The molecule has 0 unspecified atom stereocenters. The summed E-state index contributed by atoms with van der Waals surface area (Å²) in [4.78, 5) is 24.1. The molecule has 0 bridgehead atoms. The number of esters is 1. The molecular formula is C18H19ClN2O3. The summed E-state index contributed by atoms with van der Waals surface area (Å²) in [6, 6.07) is 12.3. The summed E-state index contributed by atoms with van der Waals surface area (Å²) in [7, 11) is 0. The second kappa shape index (κ2) is 7.84. The highest BCUT2D eigenvalue weighted by Crippen LogP contribution is 2.19. The summed E-state index contributed by atoms with van der Waals surface area (Å²) < 4.78 is 5.15. The van der Waals surface area contributed by atoms with E-state index in [0.717, 1.165) is 11.1 Å². The first-order chi connectivity index (χ1) is 11.4. The Labute approximate surface area is 145 Å². The summed E-state index contributed by atoms with van der Waals surface area (Å²) in [6.45, 7) is 3.87. The minimum atomic E-state index is -0.932. The van der Waals surface area contributed by atoms with E-state index in [9.17, 15) is 9.59 Å². The third-order valence-corrected chi connectivity index (χ3v) is 3.71. The second-order valence-electron chi connectivity index (χ2n) is 5.48. The molecule has 6 heteroatoms. The minimum absolute atomic E-state index is 0.178. The first-order valence-corrected chi connectivity index (χ1v) is 7.84. The van der Waals surface area contributed by atoms with Crippen LogP contribution < -0.4 is 11.1 Å². The van der Waals surface area contributed by atoms with Gasteiger partial charge >= 0.3 is 5.97 Å². The van der Waals surface area contributed by atoms with Gasteiger partial charge in [-0.3, -0.25) is 4.79 Å². The number of aryl methyl sites for hydroxylation is 1. The number of amides is 1. The lowest BCUT2D eigenvalue weighted by atomic mass is 10.1. The number of anilines is 1. The summed E-state index contributed by atoms with van der Waals surface area (Å²) in [5.41, 5.74) is 8.23. The number of nitrogens with two attached hydrogens (primary N) is 1. The molecule has 2 aromatic rings. The van der Waals surface area contributed by atoms with Crippen molar-refractivity contribution < 1.29 is 14.3 Å². The van der Waals surface area contributed by atoms with E-state index in [1.54, 1.807) is 0 Å². The number of hydrogen-bond acceptors (Lipinski definition) is 4. The predicted molar refractivity (Wildman–Crippen MR) is 93.8 cm³/mol. The van der Waals surface area contributed by atoms with E-state index in [2.05, 4.69) is 5.32 Å². The topological polar surface area (TPSA) is 81.4 Å². The maximum atomic E-state index is 12.1. The summed E-state index contributed by atoms with van der Waals surface area (Å²) in [6.07, 6.45) is -0.932. The fraction of sp³-hybridized carbons (Fsp3) is 0.222. The van der Waals surface area contributed by atoms with Crippen LogP contribution in [0.25, 0.3) is 0 Å². The zero-order valence-electron chi connectivity index (χ0n) is 13.5. The highest BCUT2D eigenvalue weighted by molar-refractivity contribution is 6.31. The molecule has 0 aliphatic heterocycles.